The van der Waals surface area contributed by atoms with Crippen LogP contribution in [0.1, 0.15) is 43.8 Å². The minimum absolute atomic E-state index is 0.166. The van der Waals surface area contributed by atoms with E-state index in [1.165, 1.54) is 32.1 Å². The first-order valence-electron chi connectivity index (χ1n) is 5.42. The van der Waals surface area contributed by atoms with Crippen LogP contribution in [0.4, 0.5) is 0 Å². The van der Waals surface area contributed by atoms with Crippen molar-refractivity contribution in [2.45, 2.75) is 49.7 Å². The summed E-state index contributed by atoms with van der Waals surface area (Å²) in [7, 11) is 0. The number of hydrogen-bond acceptors (Lipinski definition) is 5. The summed E-state index contributed by atoms with van der Waals surface area (Å²) in [6, 6.07) is 0. The molecule has 0 saturated heterocycles. The largest absolute Gasteiger partial charge is 0.387 e. The van der Waals surface area contributed by atoms with E-state index in [1.807, 2.05) is 11.8 Å². The van der Waals surface area contributed by atoms with Crippen molar-refractivity contribution < 1.29 is 9.63 Å². The molecule has 1 N–H and O–H groups in total. The van der Waals surface area contributed by atoms with E-state index in [4.69, 9.17) is 9.63 Å². The molecule has 2 rings (SSSR count). The lowest BCUT2D eigenvalue weighted by Gasteiger charge is -2.19. The Morgan fingerprint density at radius 1 is 1.33 bits per heavy atom. The second-order valence-electron chi connectivity index (χ2n) is 3.83. The number of hydrogen-bond donors (Lipinski definition) is 1. The quantitative estimate of drug-likeness (QED) is 0.855. The molecular formula is C10H16N2O2S. The highest BCUT2D eigenvalue weighted by Crippen LogP contribution is 2.29. The van der Waals surface area contributed by atoms with Gasteiger partial charge in [0.15, 0.2) is 5.82 Å². The molecule has 0 bridgehead atoms. The van der Waals surface area contributed by atoms with Gasteiger partial charge in [0.25, 0.3) is 5.89 Å². The molecule has 1 fully saturated rings. The normalized spacial score (nSPS) is 18.2. The van der Waals surface area contributed by atoms with Crippen molar-refractivity contribution in [3.63, 3.8) is 0 Å². The van der Waals surface area contributed by atoms with Crippen molar-refractivity contribution in [2.75, 3.05) is 0 Å². The first kappa shape index (κ1) is 11.0. The zero-order chi connectivity index (χ0) is 10.5. The standard InChI is InChI=1S/C10H16N2O2S/c13-6-10-11-9(12-14-10)7-15-8-4-2-1-3-5-8/h8,13H,1-7H2. The van der Waals surface area contributed by atoms with E-state index in [2.05, 4.69) is 10.1 Å². The monoisotopic (exact) mass is 228 g/mol. The van der Waals surface area contributed by atoms with E-state index in [0.717, 1.165) is 11.0 Å². The molecular weight excluding hydrogens is 212 g/mol. The number of aliphatic hydroxyl groups is 1. The Kier molecular flexibility index (Phi) is 4.02. The summed E-state index contributed by atoms with van der Waals surface area (Å²) in [5, 5.41) is 13.3. The topological polar surface area (TPSA) is 59.2 Å². The van der Waals surface area contributed by atoms with Crippen LogP contribution >= 0.6 is 11.8 Å². The highest BCUT2D eigenvalue weighted by atomic mass is 32.2. The summed E-state index contributed by atoms with van der Waals surface area (Å²) in [4.78, 5) is 4.06. The fourth-order valence-corrected chi connectivity index (χ4v) is 3.01. The molecule has 0 radical (unpaired) electrons. The lowest BCUT2D eigenvalue weighted by Crippen LogP contribution is -2.08. The van der Waals surface area contributed by atoms with E-state index in [-0.39, 0.29) is 6.61 Å². The Balaban J connectivity index is 1.76. The van der Waals surface area contributed by atoms with Gasteiger partial charge in [-0.1, -0.05) is 24.4 Å². The van der Waals surface area contributed by atoms with E-state index < -0.39 is 0 Å². The van der Waals surface area contributed by atoms with Gasteiger partial charge in [0.05, 0.1) is 5.75 Å². The van der Waals surface area contributed by atoms with Crippen LogP contribution in [0.15, 0.2) is 4.52 Å². The molecule has 1 aliphatic carbocycles. The van der Waals surface area contributed by atoms with Crippen molar-refractivity contribution in [3.05, 3.63) is 11.7 Å². The van der Waals surface area contributed by atoms with Crippen LogP contribution < -0.4 is 0 Å². The lowest BCUT2D eigenvalue weighted by molar-refractivity contribution is 0.222. The maximum atomic E-state index is 8.76. The molecule has 1 saturated carbocycles. The summed E-state index contributed by atoms with van der Waals surface area (Å²) < 4.78 is 4.83. The van der Waals surface area contributed by atoms with E-state index in [0.29, 0.717) is 11.7 Å². The third-order valence-electron chi connectivity index (χ3n) is 2.65. The van der Waals surface area contributed by atoms with Crippen molar-refractivity contribution in [2.24, 2.45) is 0 Å². The second-order valence-corrected chi connectivity index (χ2v) is 5.12. The molecule has 0 amide bonds. The van der Waals surface area contributed by atoms with E-state index >= 15 is 0 Å². The van der Waals surface area contributed by atoms with Crippen molar-refractivity contribution in [1.82, 2.24) is 10.1 Å². The molecule has 0 unspecified atom stereocenters. The Morgan fingerprint density at radius 3 is 2.80 bits per heavy atom. The minimum Gasteiger partial charge on any atom is -0.387 e. The summed E-state index contributed by atoms with van der Waals surface area (Å²) in [6.45, 7) is -0.166. The van der Waals surface area contributed by atoms with Crippen molar-refractivity contribution in [3.8, 4) is 0 Å². The molecule has 15 heavy (non-hydrogen) atoms. The first-order valence-corrected chi connectivity index (χ1v) is 6.47. The molecule has 0 spiro atoms. The van der Waals surface area contributed by atoms with E-state index in [9.17, 15) is 0 Å². The van der Waals surface area contributed by atoms with Crippen LogP contribution in [0.5, 0.6) is 0 Å². The van der Waals surface area contributed by atoms with Gasteiger partial charge in [0, 0.05) is 5.25 Å². The average Bonchev–Trinajstić information content (AvgIpc) is 2.76. The fourth-order valence-electron chi connectivity index (χ4n) is 1.84. The molecule has 4 nitrogen and oxygen atoms in total. The number of rotatable bonds is 4. The Hall–Kier alpha value is -0.550. The van der Waals surface area contributed by atoms with Gasteiger partial charge >= 0.3 is 0 Å². The molecule has 0 aromatic carbocycles. The van der Waals surface area contributed by atoms with Gasteiger partial charge < -0.3 is 9.63 Å². The maximum absolute atomic E-state index is 8.76. The maximum Gasteiger partial charge on any atom is 0.252 e. The first-order chi connectivity index (χ1) is 7.38. The fraction of sp³-hybridized carbons (Fsp3) is 0.800. The molecule has 1 aliphatic rings. The van der Waals surface area contributed by atoms with E-state index in [1.54, 1.807) is 0 Å². The number of aromatic nitrogens is 2. The molecule has 1 aromatic rings. The summed E-state index contributed by atoms with van der Waals surface area (Å²) in [5.41, 5.74) is 0. The van der Waals surface area contributed by atoms with Crippen LogP contribution in [0.2, 0.25) is 0 Å². The minimum atomic E-state index is -0.166. The molecule has 1 heterocycles. The summed E-state index contributed by atoms with van der Waals surface area (Å²) in [6.07, 6.45) is 6.72. The van der Waals surface area contributed by atoms with Crippen LogP contribution in [0.3, 0.4) is 0 Å². The molecule has 5 heteroatoms. The van der Waals surface area contributed by atoms with Gasteiger partial charge in [0.1, 0.15) is 6.61 Å². The zero-order valence-corrected chi connectivity index (χ0v) is 9.50. The van der Waals surface area contributed by atoms with Crippen molar-refractivity contribution >= 4 is 11.8 Å². The van der Waals surface area contributed by atoms with Crippen LogP contribution in [-0.4, -0.2) is 20.5 Å². The smallest absolute Gasteiger partial charge is 0.252 e. The number of nitrogens with zero attached hydrogens (tertiary/aromatic N) is 2. The molecule has 0 atom stereocenters. The summed E-state index contributed by atoms with van der Waals surface area (Å²) in [5.74, 6) is 1.82. The summed E-state index contributed by atoms with van der Waals surface area (Å²) >= 11 is 1.91. The number of aliphatic hydroxyl groups excluding tert-OH is 1. The predicted octanol–water partition coefficient (Wildman–Crippen LogP) is 2.13. The average molecular weight is 228 g/mol. The second kappa shape index (κ2) is 5.51. The molecule has 84 valence electrons. The highest BCUT2D eigenvalue weighted by Gasteiger charge is 2.15. The van der Waals surface area contributed by atoms with Gasteiger partial charge in [0.2, 0.25) is 0 Å². The lowest BCUT2D eigenvalue weighted by atomic mass is 10.0. The number of thioether (sulfide) groups is 1. The third kappa shape index (κ3) is 3.21. The van der Waals surface area contributed by atoms with Gasteiger partial charge in [-0.25, -0.2) is 0 Å². The Labute approximate surface area is 93.4 Å². The Morgan fingerprint density at radius 2 is 2.13 bits per heavy atom. The Bertz CT molecular complexity index is 297. The van der Waals surface area contributed by atoms with Gasteiger partial charge in [-0.2, -0.15) is 16.7 Å². The third-order valence-corrected chi connectivity index (χ3v) is 4.01. The zero-order valence-electron chi connectivity index (χ0n) is 8.69. The van der Waals surface area contributed by atoms with Crippen molar-refractivity contribution in [1.29, 1.82) is 0 Å². The predicted molar refractivity (Wildman–Crippen MR) is 58.4 cm³/mol. The molecule has 0 aliphatic heterocycles. The van der Waals surface area contributed by atoms with Gasteiger partial charge in [-0.15, -0.1) is 0 Å². The van der Waals surface area contributed by atoms with Gasteiger partial charge in [-0.05, 0) is 12.8 Å². The molecule has 1 aromatic heterocycles. The van der Waals surface area contributed by atoms with Crippen LogP contribution in [0.25, 0.3) is 0 Å². The highest BCUT2D eigenvalue weighted by molar-refractivity contribution is 7.99. The van der Waals surface area contributed by atoms with Gasteiger partial charge in [-0.3, -0.25) is 0 Å². The SMILES string of the molecule is OCc1nc(CSC2CCCCC2)no1. The van der Waals surface area contributed by atoms with Crippen LogP contribution in [0, 0.1) is 0 Å². The van der Waals surface area contributed by atoms with Crippen LogP contribution in [-0.2, 0) is 12.4 Å².